The van der Waals surface area contributed by atoms with Gasteiger partial charge in [0.15, 0.2) is 0 Å². The maximum Gasteiger partial charge on any atom is 0.217 e. The van der Waals surface area contributed by atoms with Gasteiger partial charge in [0.2, 0.25) is 5.90 Å². The average molecular weight is 315 g/mol. The van der Waals surface area contributed by atoms with Crippen molar-refractivity contribution in [1.29, 1.82) is 0 Å². The summed E-state index contributed by atoms with van der Waals surface area (Å²) in [6, 6.07) is 8.50. The lowest BCUT2D eigenvalue weighted by atomic mass is 10.1. The molecule has 0 unspecified atom stereocenters. The van der Waals surface area contributed by atoms with E-state index in [2.05, 4.69) is 53.6 Å². The Balaban J connectivity index is 2.27. The molecule has 2 rings (SSSR count). The van der Waals surface area contributed by atoms with Crippen LogP contribution in [0.15, 0.2) is 29.3 Å². The Hall–Kier alpha value is -0.580. The molecule has 0 saturated heterocycles. The molecule has 2 nitrogen and oxygen atoms in total. The first kappa shape index (κ1) is 10.9. The van der Waals surface area contributed by atoms with Crippen LogP contribution in [0, 0.1) is 9.49 Å². The molecule has 0 fully saturated rings. The van der Waals surface area contributed by atoms with Crippen molar-refractivity contribution in [3.8, 4) is 0 Å². The van der Waals surface area contributed by atoms with Gasteiger partial charge >= 0.3 is 0 Å². The maximum atomic E-state index is 5.64. The summed E-state index contributed by atoms with van der Waals surface area (Å²) >= 11 is 2.31. The van der Waals surface area contributed by atoms with E-state index in [0.717, 1.165) is 18.1 Å². The van der Waals surface area contributed by atoms with Gasteiger partial charge in [-0.15, -0.1) is 0 Å². The molecule has 0 radical (unpaired) electrons. The summed E-state index contributed by atoms with van der Waals surface area (Å²) in [5, 5.41) is 0. The van der Waals surface area contributed by atoms with Crippen LogP contribution in [0.2, 0.25) is 0 Å². The van der Waals surface area contributed by atoms with Crippen molar-refractivity contribution in [3.63, 3.8) is 0 Å². The second-order valence-corrected chi connectivity index (χ2v) is 5.20. The van der Waals surface area contributed by atoms with Gasteiger partial charge in [0.25, 0.3) is 0 Å². The highest BCUT2D eigenvalue weighted by molar-refractivity contribution is 14.1. The van der Waals surface area contributed by atoms with Gasteiger partial charge in [-0.2, -0.15) is 0 Å². The van der Waals surface area contributed by atoms with Gasteiger partial charge in [-0.25, -0.2) is 4.99 Å². The van der Waals surface area contributed by atoms with E-state index < -0.39 is 0 Å². The highest BCUT2D eigenvalue weighted by Gasteiger charge is 2.23. The van der Waals surface area contributed by atoms with Crippen LogP contribution in [0.1, 0.15) is 19.4 Å². The number of rotatable bonds is 2. The number of hydrogen-bond acceptors (Lipinski definition) is 2. The van der Waals surface area contributed by atoms with Crippen LogP contribution in [0.4, 0.5) is 0 Å². The van der Waals surface area contributed by atoms with E-state index in [1.54, 1.807) is 0 Å². The van der Waals surface area contributed by atoms with Crippen molar-refractivity contribution in [2.45, 2.75) is 19.9 Å². The molecule has 0 amide bonds. The third kappa shape index (κ3) is 2.33. The van der Waals surface area contributed by atoms with E-state index in [9.17, 15) is 0 Å². The molecule has 0 aliphatic carbocycles. The van der Waals surface area contributed by atoms with Crippen molar-refractivity contribution in [3.05, 3.63) is 33.4 Å². The Morgan fingerprint density at radius 3 is 2.73 bits per heavy atom. The fraction of sp³-hybridized carbons (Fsp3) is 0.417. The minimum atomic E-state index is 0.316. The van der Waals surface area contributed by atoms with E-state index in [1.165, 1.54) is 3.57 Å². The molecule has 15 heavy (non-hydrogen) atoms. The fourth-order valence-electron chi connectivity index (χ4n) is 1.51. The largest absolute Gasteiger partial charge is 0.475 e. The lowest BCUT2D eigenvalue weighted by molar-refractivity contribution is 0.291. The van der Waals surface area contributed by atoms with Gasteiger partial charge in [-0.3, -0.25) is 0 Å². The molecule has 3 heteroatoms. The van der Waals surface area contributed by atoms with E-state index in [1.807, 2.05) is 12.1 Å². The van der Waals surface area contributed by atoms with Gasteiger partial charge < -0.3 is 4.74 Å². The Bertz CT molecular complexity index is 387. The summed E-state index contributed by atoms with van der Waals surface area (Å²) < 4.78 is 6.83. The second kappa shape index (κ2) is 4.51. The monoisotopic (exact) mass is 315 g/mol. The molecule has 1 heterocycles. The van der Waals surface area contributed by atoms with E-state index >= 15 is 0 Å². The summed E-state index contributed by atoms with van der Waals surface area (Å²) in [6.45, 7) is 5.07. The number of ether oxygens (including phenoxy) is 1. The zero-order chi connectivity index (χ0) is 10.8. The van der Waals surface area contributed by atoms with Crippen LogP contribution in [-0.4, -0.2) is 18.5 Å². The Morgan fingerprint density at radius 2 is 2.13 bits per heavy atom. The summed E-state index contributed by atoms with van der Waals surface area (Å²) in [4.78, 5) is 4.61. The quantitative estimate of drug-likeness (QED) is 0.769. The Morgan fingerprint density at radius 1 is 1.40 bits per heavy atom. The number of nitrogens with zero attached hydrogens (tertiary/aromatic N) is 1. The number of halogens is 1. The van der Waals surface area contributed by atoms with Crippen molar-refractivity contribution >= 4 is 28.5 Å². The molecule has 0 aromatic heterocycles. The number of hydrogen-bond donors (Lipinski definition) is 0. The zero-order valence-electron chi connectivity index (χ0n) is 8.90. The highest BCUT2D eigenvalue weighted by atomic mass is 127. The molecule has 0 saturated carbocycles. The predicted octanol–water partition coefficient (Wildman–Crippen LogP) is 3.09. The van der Waals surface area contributed by atoms with Gasteiger partial charge in [-0.1, -0.05) is 26.0 Å². The molecule has 1 atom stereocenters. The molecular weight excluding hydrogens is 301 g/mol. The Labute approximate surface area is 104 Å². The summed E-state index contributed by atoms with van der Waals surface area (Å²) in [7, 11) is 0. The second-order valence-electron chi connectivity index (χ2n) is 4.04. The smallest absolute Gasteiger partial charge is 0.217 e. The first-order chi connectivity index (χ1) is 7.18. The van der Waals surface area contributed by atoms with Crippen LogP contribution in [0.25, 0.3) is 0 Å². The highest BCUT2D eigenvalue weighted by Crippen LogP contribution is 2.20. The molecule has 1 aromatic rings. The van der Waals surface area contributed by atoms with Crippen molar-refractivity contribution in [1.82, 2.24) is 0 Å². The van der Waals surface area contributed by atoms with E-state index in [0.29, 0.717) is 12.0 Å². The first-order valence-corrected chi connectivity index (χ1v) is 6.22. The summed E-state index contributed by atoms with van der Waals surface area (Å²) in [6.07, 6.45) is 0. The lowest BCUT2D eigenvalue weighted by Gasteiger charge is -2.06. The van der Waals surface area contributed by atoms with Crippen molar-refractivity contribution in [2.75, 3.05) is 6.61 Å². The topological polar surface area (TPSA) is 21.6 Å². The minimum Gasteiger partial charge on any atom is -0.475 e. The van der Waals surface area contributed by atoms with Crippen LogP contribution in [-0.2, 0) is 4.74 Å². The van der Waals surface area contributed by atoms with Crippen LogP contribution < -0.4 is 0 Å². The van der Waals surface area contributed by atoms with Crippen LogP contribution >= 0.6 is 22.6 Å². The molecule has 80 valence electrons. The lowest BCUT2D eigenvalue weighted by Crippen LogP contribution is -2.13. The standard InChI is InChI=1S/C12H14INO/c1-8(2)11-7-15-12(14-11)9-5-3-4-6-10(9)13/h3-6,8,11H,7H2,1-2H3/t11-/m1/s1. The minimum absolute atomic E-state index is 0.316. The predicted molar refractivity (Wildman–Crippen MR) is 70.3 cm³/mol. The summed E-state index contributed by atoms with van der Waals surface area (Å²) in [5.74, 6) is 1.35. The molecule has 0 bridgehead atoms. The van der Waals surface area contributed by atoms with Gasteiger partial charge in [0.05, 0.1) is 6.04 Å². The molecule has 1 aliphatic heterocycles. The molecule has 1 aromatic carbocycles. The first-order valence-electron chi connectivity index (χ1n) is 5.14. The molecule has 0 N–H and O–H groups in total. The third-order valence-corrected chi connectivity index (χ3v) is 3.49. The molecule has 0 spiro atoms. The van der Waals surface area contributed by atoms with Crippen molar-refractivity contribution in [2.24, 2.45) is 10.9 Å². The van der Waals surface area contributed by atoms with Crippen molar-refractivity contribution < 1.29 is 4.74 Å². The molecule has 1 aliphatic rings. The third-order valence-electron chi connectivity index (χ3n) is 2.55. The average Bonchev–Trinajstić information content (AvgIpc) is 2.67. The maximum absolute atomic E-state index is 5.64. The van der Waals surface area contributed by atoms with Gasteiger partial charge in [0.1, 0.15) is 6.61 Å². The van der Waals surface area contributed by atoms with E-state index in [4.69, 9.17) is 4.74 Å². The van der Waals surface area contributed by atoms with Gasteiger partial charge in [-0.05, 0) is 40.6 Å². The van der Waals surface area contributed by atoms with Crippen LogP contribution in [0.5, 0.6) is 0 Å². The number of aliphatic imine (C=N–C) groups is 1. The van der Waals surface area contributed by atoms with Crippen LogP contribution in [0.3, 0.4) is 0 Å². The molecular formula is C12H14INO. The number of benzene rings is 1. The summed E-state index contributed by atoms with van der Waals surface area (Å²) in [5.41, 5.74) is 1.11. The van der Waals surface area contributed by atoms with E-state index in [-0.39, 0.29) is 0 Å². The SMILES string of the molecule is CC(C)[C@H]1COC(c2ccccc2I)=N1. The fourth-order valence-corrected chi connectivity index (χ4v) is 2.13. The normalized spacial score (nSPS) is 20.3. The van der Waals surface area contributed by atoms with Gasteiger partial charge in [0, 0.05) is 9.13 Å². The Kier molecular flexibility index (Phi) is 3.29. The zero-order valence-corrected chi connectivity index (χ0v) is 11.1.